The Morgan fingerprint density at radius 2 is 1.30 bits per heavy atom. The summed E-state index contributed by atoms with van der Waals surface area (Å²) < 4.78 is 10.9. The molecule has 37 heavy (non-hydrogen) atoms. The highest BCUT2D eigenvalue weighted by Gasteiger charge is 2.26. The number of carbonyl (C=O) groups excluding carboxylic acids is 2. The maximum Gasteiger partial charge on any atom is 0.328 e. The predicted molar refractivity (Wildman–Crippen MR) is 156 cm³/mol. The Bertz CT molecular complexity index is 718. The fourth-order valence-electron chi connectivity index (χ4n) is 3.53. The van der Waals surface area contributed by atoms with Crippen LogP contribution < -0.4 is 5.32 Å². The van der Waals surface area contributed by atoms with Gasteiger partial charge in [-0.15, -0.1) is 0 Å². The SMILES string of the molecule is CCC=CCC=CCC=CCC=CCC=CCCCCOC(CC)C(=O)NC(CC(C)C)C(=O)OCC. The Balaban J connectivity index is 4.01. The summed E-state index contributed by atoms with van der Waals surface area (Å²) in [4.78, 5) is 24.8. The maximum absolute atomic E-state index is 12.6. The zero-order valence-corrected chi connectivity index (χ0v) is 24.1. The molecule has 0 saturated heterocycles. The smallest absolute Gasteiger partial charge is 0.328 e. The highest BCUT2D eigenvalue weighted by molar-refractivity contribution is 5.86. The second kappa shape index (κ2) is 25.3. The molecular formula is C32H53NO4. The quantitative estimate of drug-likeness (QED) is 0.0907. The molecule has 2 atom stereocenters. The van der Waals surface area contributed by atoms with Crippen LogP contribution in [-0.2, 0) is 19.1 Å². The lowest BCUT2D eigenvalue weighted by molar-refractivity contribution is -0.149. The molecule has 0 saturated carbocycles. The number of unbranched alkanes of at least 4 members (excludes halogenated alkanes) is 2. The minimum atomic E-state index is -0.625. The highest BCUT2D eigenvalue weighted by Crippen LogP contribution is 2.09. The number of carbonyl (C=O) groups is 2. The monoisotopic (exact) mass is 515 g/mol. The van der Waals surface area contributed by atoms with E-state index in [1.165, 1.54) is 0 Å². The van der Waals surface area contributed by atoms with Crippen LogP contribution in [0.2, 0.25) is 0 Å². The lowest BCUT2D eigenvalue weighted by Crippen LogP contribution is -2.47. The summed E-state index contributed by atoms with van der Waals surface area (Å²) in [6, 6.07) is -0.625. The average Bonchev–Trinajstić information content (AvgIpc) is 2.87. The standard InChI is InChI=1S/C32H53NO4/c1-6-9-10-11-12-13-14-15-16-17-18-19-20-21-22-23-24-25-26-37-30(7-2)31(34)33-29(27-28(4)5)32(35)36-8-3/h9-10,12-13,15-16,18-19,21-22,28-30H,6-8,11,14,17,20,23-27H2,1-5H3,(H,33,34). The number of amides is 1. The van der Waals surface area contributed by atoms with Gasteiger partial charge in [0.15, 0.2) is 0 Å². The molecule has 0 rings (SSSR count). The van der Waals surface area contributed by atoms with Crippen molar-refractivity contribution < 1.29 is 19.1 Å². The fraction of sp³-hybridized carbons (Fsp3) is 0.625. The van der Waals surface area contributed by atoms with Crippen LogP contribution in [-0.4, -0.2) is 37.2 Å². The molecule has 0 fully saturated rings. The van der Waals surface area contributed by atoms with Crippen LogP contribution in [0.4, 0.5) is 0 Å². The van der Waals surface area contributed by atoms with Crippen LogP contribution in [0, 0.1) is 5.92 Å². The van der Waals surface area contributed by atoms with Crippen LogP contribution in [0.1, 0.15) is 98.8 Å². The lowest BCUT2D eigenvalue weighted by Gasteiger charge is -2.22. The number of hydrogen-bond acceptors (Lipinski definition) is 4. The van der Waals surface area contributed by atoms with Crippen LogP contribution in [0.25, 0.3) is 0 Å². The van der Waals surface area contributed by atoms with Crippen molar-refractivity contribution in [2.75, 3.05) is 13.2 Å². The van der Waals surface area contributed by atoms with Crippen molar-refractivity contribution in [2.24, 2.45) is 5.92 Å². The molecule has 0 bridgehead atoms. The average molecular weight is 516 g/mol. The first-order chi connectivity index (χ1) is 18.0. The zero-order valence-electron chi connectivity index (χ0n) is 24.1. The van der Waals surface area contributed by atoms with Gasteiger partial charge in [0.1, 0.15) is 12.1 Å². The first-order valence-electron chi connectivity index (χ1n) is 14.3. The highest BCUT2D eigenvalue weighted by atomic mass is 16.5. The molecule has 0 aromatic heterocycles. The summed E-state index contributed by atoms with van der Waals surface area (Å²) in [5, 5.41) is 2.83. The largest absolute Gasteiger partial charge is 0.464 e. The molecule has 0 heterocycles. The van der Waals surface area contributed by atoms with Crippen LogP contribution in [0.3, 0.4) is 0 Å². The van der Waals surface area contributed by atoms with Crippen molar-refractivity contribution in [3.05, 3.63) is 60.8 Å². The van der Waals surface area contributed by atoms with E-state index >= 15 is 0 Å². The van der Waals surface area contributed by atoms with Crippen molar-refractivity contribution in [2.45, 2.75) is 111 Å². The minimum Gasteiger partial charge on any atom is -0.464 e. The van der Waals surface area contributed by atoms with E-state index in [1.807, 2.05) is 20.8 Å². The van der Waals surface area contributed by atoms with Gasteiger partial charge in [-0.3, -0.25) is 4.79 Å². The van der Waals surface area contributed by atoms with E-state index in [0.717, 1.165) is 51.4 Å². The number of ether oxygens (including phenoxy) is 2. The topological polar surface area (TPSA) is 64.6 Å². The van der Waals surface area contributed by atoms with Gasteiger partial charge in [-0.25, -0.2) is 4.79 Å². The summed E-state index contributed by atoms with van der Waals surface area (Å²) in [5.41, 5.74) is 0. The molecule has 210 valence electrons. The van der Waals surface area contributed by atoms with E-state index in [0.29, 0.717) is 26.1 Å². The van der Waals surface area contributed by atoms with Gasteiger partial charge < -0.3 is 14.8 Å². The van der Waals surface area contributed by atoms with E-state index in [-0.39, 0.29) is 17.8 Å². The van der Waals surface area contributed by atoms with E-state index in [4.69, 9.17) is 9.47 Å². The Kier molecular flexibility index (Phi) is 23.6. The number of rotatable bonds is 22. The molecule has 0 aliphatic heterocycles. The molecule has 5 heteroatoms. The maximum atomic E-state index is 12.6. The third kappa shape index (κ3) is 21.4. The van der Waals surface area contributed by atoms with Gasteiger partial charge in [-0.05, 0) is 77.0 Å². The Labute approximate surface area is 227 Å². The molecule has 1 amide bonds. The Morgan fingerprint density at radius 1 is 0.757 bits per heavy atom. The first kappa shape index (κ1) is 34.6. The van der Waals surface area contributed by atoms with Crippen molar-refractivity contribution in [1.29, 1.82) is 0 Å². The van der Waals surface area contributed by atoms with Gasteiger partial charge in [-0.1, -0.05) is 88.5 Å². The summed E-state index contributed by atoms with van der Waals surface area (Å²) in [6.07, 6.45) is 30.5. The molecule has 0 aliphatic rings. The van der Waals surface area contributed by atoms with Crippen molar-refractivity contribution in [3.8, 4) is 0 Å². The summed E-state index contributed by atoms with van der Waals surface area (Å²) in [6.45, 7) is 10.7. The molecule has 5 nitrogen and oxygen atoms in total. The first-order valence-corrected chi connectivity index (χ1v) is 14.3. The van der Waals surface area contributed by atoms with Crippen LogP contribution in [0.15, 0.2) is 60.8 Å². The summed E-state index contributed by atoms with van der Waals surface area (Å²) in [7, 11) is 0. The molecule has 0 radical (unpaired) electrons. The lowest BCUT2D eigenvalue weighted by atomic mass is 10.0. The second-order valence-electron chi connectivity index (χ2n) is 9.41. The summed E-state index contributed by atoms with van der Waals surface area (Å²) in [5.74, 6) is -0.345. The zero-order chi connectivity index (χ0) is 27.6. The molecule has 1 N–H and O–H groups in total. The number of nitrogens with one attached hydrogen (secondary N) is 1. The van der Waals surface area contributed by atoms with Gasteiger partial charge in [-0.2, -0.15) is 0 Å². The fourth-order valence-corrected chi connectivity index (χ4v) is 3.53. The molecular weight excluding hydrogens is 462 g/mol. The van der Waals surface area contributed by atoms with Crippen molar-refractivity contribution in [3.63, 3.8) is 0 Å². The summed E-state index contributed by atoms with van der Waals surface area (Å²) >= 11 is 0. The molecule has 2 unspecified atom stereocenters. The van der Waals surface area contributed by atoms with Gasteiger partial charge in [0.25, 0.3) is 0 Å². The van der Waals surface area contributed by atoms with Crippen LogP contribution >= 0.6 is 0 Å². The van der Waals surface area contributed by atoms with Crippen LogP contribution in [0.5, 0.6) is 0 Å². The number of hydrogen-bond donors (Lipinski definition) is 1. The minimum absolute atomic E-state index is 0.237. The number of allylic oxidation sites excluding steroid dienone is 10. The molecule has 0 aromatic carbocycles. The normalized spacial score (nSPS) is 14.1. The third-order valence-corrected chi connectivity index (χ3v) is 5.50. The van der Waals surface area contributed by atoms with Gasteiger partial charge in [0, 0.05) is 6.61 Å². The van der Waals surface area contributed by atoms with Crippen molar-refractivity contribution in [1.82, 2.24) is 5.32 Å². The van der Waals surface area contributed by atoms with E-state index in [9.17, 15) is 9.59 Å². The van der Waals surface area contributed by atoms with E-state index < -0.39 is 12.1 Å². The van der Waals surface area contributed by atoms with Crippen molar-refractivity contribution >= 4 is 11.9 Å². The predicted octanol–water partition coefficient (Wildman–Crippen LogP) is 7.80. The third-order valence-electron chi connectivity index (χ3n) is 5.50. The number of esters is 1. The van der Waals surface area contributed by atoms with E-state index in [2.05, 4.69) is 73.0 Å². The molecule has 0 spiro atoms. The van der Waals surface area contributed by atoms with Gasteiger partial charge >= 0.3 is 5.97 Å². The van der Waals surface area contributed by atoms with Gasteiger partial charge in [0.2, 0.25) is 5.91 Å². The molecule has 0 aromatic rings. The van der Waals surface area contributed by atoms with E-state index in [1.54, 1.807) is 6.92 Å². The molecule has 0 aliphatic carbocycles. The Hall–Kier alpha value is -2.40. The van der Waals surface area contributed by atoms with Gasteiger partial charge in [0.05, 0.1) is 6.61 Å². The Morgan fingerprint density at radius 3 is 1.78 bits per heavy atom. The second-order valence-corrected chi connectivity index (χ2v) is 9.41.